The molecule has 0 spiro atoms. The molecule has 3 heterocycles. The molecular weight excluding hydrogens is 312 g/mol. The number of carbonyl (C=O) groups is 1. The van der Waals surface area contributed by atoms with Crippen molar-refractivity contribution in [1.82, 2.24) is 19.2 Å². The average Bonchev–Trinajstić information content (AvgIpc) is 3.37. The fourth-order valence-electron chi connectivity index (χ4n) is 4.55. The molecule has 1 saturated heterocycles. The van der Waals surface area contributed by atoms with Gasteiger partial charge in [-0.25, -0.2) is 0 Å². The van der Waals surface area contributed by atoms with Gasteiger partial charge in [0.2, 0.25) is 5.91 Å². The maximum atomic E-state index is 13.1. The molecule has 2 aromatic heterocycles. The minimum atomic E-state index is 0.215. The zero-order valence-corrected chi connectivity index (χ0v) is 15.1. The van der Waals surface area contributed by atoms with E-state index in [0.29, 0.717) is 18.0 Å². The van der Waals surface area contributed by atoms with Gasteiger partial charge in [0.25, 0.3) is 0 Å². The van der Waals surface area contributed by atoms with Gasteiger partial charge in [-0.2, -0.15) is 5.10 Å². The molecule has 134 valence electrons. The molecule has 1 aliphatic heterocycles. The largest absolute Gasteiger partial charge is 0.351 e. The Morgan fingerprint density at radius 2 is 1.92 bits per heavy atom. The summed E-state index contributed by atoms with van der Waals surface area (Å²) in [5.74, 6) is 0.601. The summed E-state index contributed by atoms with van der Waals surface area (Å²) in [5, 5.41) is 4.40. The van der Waals surface area contributed by atoms with Crippen LogP contribution >= 0.6 is 0 Å². The lowest BCUT2D eigenvalue weighted by Gasteiger charge is -2.33. The zero-order chi connectivity index (χ0) is 17.2. The van der Waals surface area contributed by atoms with Gasteiger partial charge >= 0.3 is 0 Å². The van der Waals surface area contributed by atoms with Crippen LogP contribution < -0.4 is 0 Å². The molecular formula is C20H28N4O. The van der Waals surface area contributed by atoms with Crippen molar-refractivity contribution in [3.8, 4) is 0 Å². The van der Waals surface area contributed by atoms with Crippen molar-refractivity contribution in [2.75, 3.05) is 6.54 Å². The van der Waals surface area contributed by atoms with Crippen LogP contribution in [0.3, 0.4) is 0 Å². The lowest BCUT2D eigenvalue weighted by atomic mass is 9.85. The second kappa shape index (κ2) is 7.06. The third-order valence-electron chi connectivity index (χ3n) is 5.92. The second-order valence-electron chi connectivity index (χ2n) is 7.70. The minimum Gasteiger partial charge on any atom is -0.351 e. The van der Waals surface area contributed by atoms with Crippen LogP contribution in [0.1, 0.15) is 50.1 Å². The zero-order valence-electron chi connectivity index (χ0n) is 15.1. The third kappa shape index (κ3) is 3.51. The van der Waals surface area contributed by atoms with Crippen molar-refractivity contribution in [3.05, 3.63) is 42.5 Å². The first kappa shape index (κ1) is 16.4. The Morgan fingerprint density at radius 1 is 1.16 bits per heavy atom. The van der Waals surface area contributed by atoms with Gasteiger partial charge in [-0.15, -0.1) is 0 Å². The Hall–Kier alpha value is -2.04. The highest BCUT2D eigenvalue weighted by atomic mass is 16.2. The Labute approximate surface area is 149 Å². The van der Waals surface area contributed by atoms with Crippen molar-refractivity contribution in [2.24, 2.45) is 5.92 Å². The van der Waals surface area contributed by atoms with E-state index in [2.05, 4.69) is 52.2 Å². The Bertz CT molecular complexity index is 697. The fourth-order valence-corrected chi connectivity index (χ4v) is 4.55. The Morgan fingerprint density at radius 3 is 2.60 bits per heavy atom. The number of hydrogen-bond acceptors (Lipinski definition) is 2. The highest BCUT2D eigenvalue weighted by Gasteiger charge is 2.35. The maximum Gasteiger partial charge on any atom is 0.225 e. The smallest absolute Gasteiger partial charge is 0.225 e. The van der Waals surface area contributed by atoms with Crippen molar-refractivity contribution in [3.63, 3.8) is 0 Å². The monoisotopic (exact) mass is 340 g/mol. The van der Waals surface area contributed by atoms with Gasteiger partial charge in [0, 0.05) is 37.1 Å². The maximum absolute atomic E-state index is 13.1. The van der Waals surface area contributed by atoms with Gasteiger partial charge in [0.15, 0.2) is 0 Å². The molecule has 1 amide bonds. The summed E-state index contributed by atoms with van der Waals surface area (Å²) >= 11 is 0. The Balaban J connectivity index is 1.35. The molecule has 1 atom stereocenters. The quantitative estimate of drug-likeness (QED) is 0.856. The lowest BCUT2D eigenvalue weighted by Crippen LogP contribution is -2.42. The third-order valence-corrected chi connectivity index (χ3v) is 5.92. The number of nitrogens with zero attached hydrogens (tertiary/aromatic N) is 4. The van der Waals surface area contributed by atoms with E-state index in [1.165, 1.54) is 5.56 Å². The number of likely N-dealkylation sites (tertiary alicyclic amines) is 1. The van der Waals surface area contributed by atoms with Crippen molar-refractivity contribution >= 4 is 5.91 Å². The lowest BCUT2D eigenvalue weighted by molar-refractivity contribution is -0.137. The molecule has 1 unspecified atom stereocenters. The number of amides is 1. The van der Waals surface area contributed by atoms with Crippen LogP contribution in [0.25, 0.3) is 0 Å². The molecule has 2 aromatic rings. The van der Waals surface area contributed by atoms with Crippen LogP contribution in [0.15, 0.2) is 36.9 Å². The topological polar surface area (TPSA) is 43.1 Å². The van der Waals surface area contributed by atoms with Crippen molar-refractivity contribution in [2.45, 2.75) is 64.1 Å². The average molecular weight is 340 g/mol. The van der Waals surface area contributed by atoms with Gasteiger partial charge in [-0.1, -0.05) is 0 Å². The van der Waals surface area contributed by atoms with E-state index in [1.807, 2.05) is 10.9 Å². The van der Waals surface area contributed by atoms with Crippen LogP contribution in [-0.2, 0) is 11.3 Å². The highest BCUT2D eigenvalue weighted by Crippen LogP contribution is 2.34. The Kier molecular flexibility index (Phi) is 4.64. The first-order chi connectivity index (χ1) is 12.2. The summed E-state index contributed by atoms with van der Waals surface area (Å²) in [6.45, 7) is 3.81. The standard InChI is InChI=1S/C20H28N4O/c1-16-13-21-23(14-16)15-19-5-4-12-24(19)20(25)17-6-8-18(9-7-17)22-10-2-3-11-22/h2-3,10-11,13-14,17-19H,4-9,12,15H2,1H3. The number of carbonyl (C=O) groups excluding carboxylic acids is 1. The summed E-state index contributed by atoms with van der Waals surface area (Å²) in [5.41, 5.74) is 1.18. The predicted molar refractivity (Wildman–Crippen MR) is 97.1 cm³/mol. The molecule has 0 bridgehead atoms. The molecule has 1 saturated carbocycles. The van der Waals surface area contributed by atoms with Gasteiger partial charge in [-0.05, 0) is 63.1 Å². The normalized spacial score (nSPS) is 26.9. The molecule has 2 fully saturated rings. The van der Waals surface area contributed by atoms with E-state index >= 15 is 0 Å². The number of hydrogen-bond donors (Lipinski definition) is 0. The molecule has 5 nitrogen and oxygen atoms in total. The summed E-state index contributed by atoms with van der Waals surface area (Å²) in [6.07, 6.45) is 14.7. The molecule has 5 heteroatoms. The van der Waals surface area contributed by atoms with Crippen LogP contribution in [0.2, 0.25) is 0 Å². The minimum absolute atomic E-state index is 0.215. The van der Waals surface area contributed by atoms with E-state index in [0.717, 1.165) is 51.6 Å². The summed E-state index contributed by atoms with van der Waals surface area (Å²) in [4.78, 5) is 15.2. The van der Waals surface area contributed by atoms with Crippen molar-refractivity contribution < 1.29 is 4.79 Å². The van der Waals surface area contributed by atoms with Crippen LogP contribution in [0.5, 0.6) is 0 Å². The highest BCUT2D eigenvalue weighted by molar-refractivity contribution is 5.79. The van der Waals surface area contributed by atoms with E-state index in [4.69, 9.17) is 0 Å². The second-order valence-corrected chi connectivity index (χ2v) is 7.70. The van der Waals surface area contributed by atoms with Gasteiger partial charge in [-0.3, -0.25) is 9.48 Å². The van der Waals surface area contributed by atoms with E-state index < -0.39 is 0 Å². The van der Waals surface area contributed by atoms with E-state index in [-0.39, 0.29) is 5.92 Å². The number of rotatable bonds is 4. The number of aromatic nitrogens is 3. The fraction of sp³-hybridized carbons (Fsp3) is 0.600. The van der Waals surface area contributed by atoms with Crippen LogP contribution in [-0.4, -0.2) is 37.7 Å². The molecule has 2 aliphatic rings. The first-order valence-corrected chi connectivity index (χ1v) is 9.62. The van der Waals surface area contributed by atoms with Gasteiger partial charge < -0.3 is 9.47 Å². The molecule has 4 rings (SSSR count). The van der Waals surface area contributed by atoms with Gasteiger partial charge in [0.1, 0.15) is 0 Å². The van der Waals surface area contributed by atoms with E-state index in [1.54, 1.807) is 0 Å². The SMILES string of the molecule is Cc1cnn(CC2CCCN2C(=O)C2CCC(n3cccc3)CC2)c1. The summed E-state index contributed by atoms with van der Waals surface area (Å²) < 4.78 is 4.30. The summed E-state index contributed by atoms with van der Waals surface area (Å²) in [7, 11) is 0. The first-order valence-electron chi connectivity index (χ1n) is 9.62. The molecule has 0 radical (unpaired) electrons. The predicted octanol–water partition coefficient (Wildman–Crippen LogP) is 3.42. The molecule has 0 N–H and O–H groups in total. The summed E-state index contributed by atoms with van der Waals surface area (Å²) in [6, 6.07) is 5.06. The molecule has 25 heavy (non-hydrogen) atoms. The van der Waals surface area contributed by atoms with Crippen LogP contribution in [0.4, 0.5) is 0 Å². The van der Waals surface area contributed by atoms with E-state index in [9.17, 15) is 4.79 Å². The van der Waals surface area contributed by atoms with Crippen molar-refractivity contribution in [1.29, 1.82) is 0 Å². The molecule has 1 aliphatic carbocycles. The van der Waals surface area contributed by atoms with Crippen LogP contribution in [0, 0.1) is 12.8 Å². The number of aryl methyl sites for hydroxylation is 1. The molecule has 0 aromatic carbocycles. The van der Waals surface area contributed by atoms with Gasteiger partial charge in [0.05, 0.1) is 18.8 Å².